The van der Waals surface area contributed by atoms with Crippen LogP contribution in [0.2, 0.25) is 0 Å². The molecule has 0 fully saturated rings. The van der Waals surface area contributed by atoms with Gasteiger partial charge in [0, 0.05) is 6.42 Å². The van der Waals surface area contributed by atoms with E-state index in [9.17, 15) is 13.6 Å². The number of rotatable bonds is 4. The van der Waals surface area contributed by atoms with Gasteiger partial charge in [0.15, 0.2) is 0 Å². The van der Waals surface area contributed by atoms with Crippen LogP contribution in [0.1, 0.15) is 26.7 Å². The number of ketones is 1. The molecule has 0 saturated heterocycles. The first-order valence-corrected chi connectivity index (χ1v) is 3.82. The van der Waals surface area contributed by atoms with Crippen LogP contribution in [-0.4, -0.2) is 11.2 Å². The molecule has 0 aliphatic rings. The van der Waals surface area contributed by atoms with Gasteiger partial charge in [-0.1, -0.05) is 13.8 Å². The quantitative estimate of drug-likeness (QED) is 0.614. The van der Waals surface area contributed by atoms with Gasteiger partial charge in [-0.3, -0.25) is 4.79 Å². The Bertz CT molecular complexity index is 140. The van der Waals surface area contributed by atoms with E-state index in [4.69, 9.17) is 0 Å². The highest BCUT2D eigenvalue weighted by atomic mass is 35.5. The van der Waals surface area contributed by atoms with Gasteiger partial charge in [0.1, 0.15) is 0 Å². The van der Waals surface area contributed by atoms with E-state index in [1.807, 2.05) is 13.8 Å². The van der Waals surface area contributed by atoms with E-state index in [1.165, 1.54) is 0 Å². The molecule has 0 aliphatic carbocycles. The van der Waals surface area contributed by atoms with Gasteiger partial charge in [-0.15, -0.1) is 0 Å². The number of carbonyl (C=O) groups is 1. The first-order valence-electron chi connectivity index (χ1n) is 3.44. The fourth-order valence-corrected chi connectivity index (χ4v) is 0.656. The normalized spacial score (nSPS) is 12.2. The zero-order chi connectivity index (χ0) is 9.07. The van der Waals surface area contributed by atoms with Crippen molar-refractivity contribution in [1.82, 2.24) is 0 Å². The maximum absolute atomic E-state index is 12.0. The monoisotopic (exact) mass is 184 g/mol. The van der Waals surface area contributed by atoms with Crippen LogP contribution < -0.4 is 0 Å². The van der Waals surface area contributed by atoms with Crippen molar-refractivity contribution < 1.29 is 13.6 Å². The van der Waals surface area contributed by atoms with Crippen molar-refractivity contribution in [3.63, 3.8) is 0 Å². The van der Waals surface area contributed by atoms with Crippen LogP contribution in [0.4, 0.5) is 8.78 Å². The van der Waals surface area contributed by atoms with Crippen LogP contribution in [0.25, 0.3) is 0 Å². The summed E-state index contributed by atoms with van der Waals surface area (Å²) in [5.41, 5.74) is 0. The highest BCUT2D eigenvalue weighted by molar-refractivity contribution is 6.32. The molecule has 0 spiro atoms. The Kier molecular flexibility index (Phi) is 3.93. The van der Waals surface area contributed by atoms with Gasteiger partial charge in [-0.25, -0.2) is 0 Å². The van der Waals surface area contributed by atoms with E-state index in [0.29, 0.717) is 6.42 Å². The molecule has 0 heterocycles. The van der Waals surface area contributed by atoms with E-state index in [-0.39, 0.29) is 12.3 Å². The lowest BCUT2D eigenvalue weighted by atomic mass is 10.1. The van der Waals surface area contributed by atoms with Crippen LogP contribution in [0.5, 0.6) is 0 Å². The van der Waals surface area contributed by atoms with Crippen LogP contribution in [0, 0.1) is 5.92 Å². The Hall–Kier alpha value is -0.180. The molecule has 1 nitrogen and oxygen atoms in total. The lowest BCUT2D eigenvalue weighted by molar-refractivity contribution is -0.133. The summed E-state index contributed by atoms with van der Waals surface area (Å²) in [4.78, 5) is 10.5. The summed E-state index contributed by atoms with van der Waals surface area (Å²) in [7, 11) is 0. The van der Waals surface area contributed by atoms with Gasteiger partial charge in [0.25, 0.3) is 0 Å². The summed E-state index contributed by atoms with van der Waals surface area (Å²) in [5, 5.41) is -3.67. The predicted octanol–water partition coefficient (Wildman–Crippen LogP) is 2.82. The molecule has 0 atom stereocenters. The highest BCUT2D eigenvalue weighted by Gasteiger charge is 2.34. The van der Waals surface area contributed by atoms with Crippen LogP contribution >= 0.6 is 11.6 Å². The second-order valence-corrected chi connectivity index (χ2v) is 3.33. The molecule has 0 N–H and O–H groups in total. The zero-order valence-corrected chi connectivity index (χ0v) is 7.29. The van der Waals surface area contributed by atoms with Crippen LogP contribution in [0.3, 0.4) is 0 Å². The minimum absolute atomic E-state index is 0.145. The zero-order valence-electron chi connectivity index (χ0n) is 6.53. The van der Waals surface area contributed by atoms with Crippen molar-refractivity contribution in [3.05, 3.63) is 0 Å². The minimum atomic E-state index is -3.67. The van der Waals surface area contributed by atoms with Crippen molar-refractivity contribution in [2.24, 2.45) is 5.92 Å². The largest absolute Gasteiger partial charge is 0.380 e. The highest BCUT2D eigenvalue weighted by Crippen LogP contribution is 2.23. The second kappa shape index (κ2) is 4.00. The van der Waals surface area contributed by atoms with Gasteiger partial charge in [0.05, 0.1) is 0 Å². The molecule has 0 aromatic heterocycles. The summed E-state index contributed by atoms with van der Waals surface area (Å²) in [6.07, 6.45) is 0.315. The molecule has 11 heavy (non-hydrogen) atoms. The molecule has 0 bridgehead atoms. The Morgan fingerprint density at radius 3 is 2.27 bits per heavy atom. The van der Waals surface area contributed by atoms with Gasteiger partial charge in [0.2, 0.25) is 5.78 Å². The van der Waals surface area contributed by atoms with E-state index >= 15 is 0 Å². The maximum Gasteiger partial charge on any atom is 0.380 e. The number of hydrogen-bond acceptors (Lipinski definition) is 1. The number of hydrogen-bond donors (Lipinski definition) is 0. The smallest absolute Gasteiger partial charge is 0.291 e. The van der Waals surface area contributed by atoms with Crippen LogP contribution in [0.15, 0.2) is 0 Å². The number of halogens is 3. The van der Waals surface area contributed by atoms with Gasteiger partial charge < -0.3 is 0 Å². The molecular weight excluding hydrogens is 174 g/mol. The molecule has 0 aromatic rings. The molecular formula is C7H11ClF2O. The van der Waals surface area contributed by atoms with Crippen molar-refractivity contribution >= 4 is 17.4 Å². The molecule has 66 valence electrons. The third-order valence-corrected chi connectivity index (χ3v) is 1.48. The molecule has 0 amide bonds. The lowest BCUT2D eigenvalue weighted by Crippen LogP contribution is -2.21. The summed E-state index contributed by atoms with van der Waals surface area (Å²) in [5.74, 6) is -0.939. The average Bonchev–Trinajstić information content (AvgIpc) is 1.80. The summed E-state index contributed by atoms with van der Waals surface area (Å²) in [6, 6.07) is 0. The molecule has 0 rings (SSSR count). The summed E-state index contributed by atoms with van der Waals surface area (Å²) < 4.78 is 24.0. The molecule has 0 aliphatic heterocycles. The maximum atomic E-state index is 12.0. The number of alkyl halides is 3. The standard InChI is InChI=1S/C7H11ClF2O/c1-5(2)3-4-6(11)7(8,9)10/h5H,3-4H2,1-2H3. The molecule has 4 heteroatoms. The Morgan fingerprint density at radius 2 is 2.00 bits per heavy atom. The fourth-order valence-electron chi connectivity index (χ4n) is 0.562. The number of Topliss-reactive ketones (excluding diaryl/α,β-unsaturated/α-hetero) is 1. The lowest BCUT2D eigenvalue weighted by Gasteiger charge is -2.07. The third-order valence-electron chi connectivity index (χ3n) is 1.26. The SMILES string of the molecule is CC(C)CCC(=O)C(F)(F)Cl. The molecule has 0 unspecified atom stereocenters. The van der Waals surface area contributed by atoms with E-state index in [2.05, 4.69) is 11.6 Å². The average molecular weight is 185 g/mol. The summed E-state index contributed by atoms with van der Waals surface area (Å²) in [6.45, 7) is 3.72. The second-order valence-electron chi connectivity index (χ2n) is 2.85. The van der Waals surface area contributed by atoms with Crippen molar-refractivity contribution in [2.45, 2.75) is 32.1 Å². The number of carbonyl (C=O) groups excluding carboxylic acids is 1. The summed E-state index contributed by atoms with van der Waals surface area (Å²) >= 11 is 4.48. The topological polar surface area (TPSA) is 17.1 Å². The van der Waals surface area contributed by atoms with E-state index in [1.54, 1.807) is 0 Å². The van der Waals surface area contributed by atoms with Crippen LogP contribution in [-0.2, 0) is 4.79 Å². The van der Waals surface area contributed by atoms with Gasteiger partial charge in [-0.2, -0.15) is 8.78 Å². The minimum Gasteiger partial charge on any atom is -0.291 e. The van der Waals surface area contributed by atoms with Crippen molar-refractivity contribution in [2.75, 3.05) is 0 Å². The third kappa shape index (κ3) is 5.13. The van der Waals surface area contributed by atoms with Gasteiger partial charge in [-0.05, 0) is 23.9 Å². The fraction of sp³-hybridized carbons (Fsp3) is 0.857. The Labute approximate surface area is 69.7 Å². The van der Waals surface area contributed by atoms with Crippen molar-refractivity contribution in [3.8, 4) is 0 Å². The van der Waals surface area contributed by atoms with E-state index < -0.39 is 11.2 Å². The molecule has 0 aromatic carbocycles. The molecule has 0 radical (unpaired) electrons. The Morgan fingerprint density at radius 1 is 1.55 bits per heavy atom. The van der Waals surface area contributed by atoms with Crippen molar-refractivity contribution in [1.29, 1.82) is 0 Å². The van der Waals surface area contributed by atoms with Gasteiger partial charge >= 0.3 is 5.38 Å². The van der Waals surface area contributed by atoms with E-state index in [0.717, 1.165) is 0 Å². The Balaban J connectivity index is 3.71. The first-order chi connectivity index (χ1) is 4.84. The first kappa shape index (κ1) is 10.8. The predicted molar refractivity (Wildman–Crippen MR) is 39.9 cm³/mol. The molecule has 0 saturated carbocycles.